The van der Waals surface area contributed by atoms with Crippen molar-refractivity contribution in [3.8, 4) is 6.07 Å². The van der Waals surface area contributed by atoms with Gasteiger partial charge in [0.2, 0.25) is 10.0 Å². The fourth-order valence-corrected chi connectivity index (χ4v) is 3.38. The summed E-state index contributed by atoms with van der Waals surface area (Å²) in [6.45, 7) is 0.336. The van der Waals surface area contributed by atoms with Gasteiger partial charge in [-0.05, 0) is 17.7 Å². The maximum atomic E-state index is 11.9. The van der Waals surface area contributed by atoms with Crippen LogP contribution in [-0.4, -0.2) is 19.9 Å². The molecule has 0 unspecified atom stereocenters. The first-order valence-corrected chi connectivity index (χ1v) is 8.52. The zero-order valence-electron chi connectivity index (χ0n) is 10.6. The normalized spacial score (nSPS) is 11.2. The van der Waals surface area contributed by atoms with Crippen LogP contribution in [0.15, 0.2) is 35.2 Å². The van der Waals surface area contributed by atoms with Gasteiger partial charge in [0.1, 0.15) is 0 Å². The van der Waals surface area contributed by atoms with Gasteiger partial charge in [0, 0.05) is 18.3 Å². The number of aromatic nitrogens is 1. The standard InChI is InChI=1S/C13H13N3O2S2/c14-7-11-1-3-12(4-2-11)9-20(17,18)16-6-5-13-8-19-10-15-13/h1-4,8,10,16H,5-6,9H2. The Bertz CT molecular complexity index is 686. The molecule has 0 fully saturated rings. The van der Waals surface area contributed by atoms with E-state index in [9.17, 15) is 8.42 Å². The lowest BCUT2D eigenvalue weighted by molar-refractivity contribution is 0.580. The summed E-state index contributed by atoms with van der Waals surface area (Å²) in [7, 11) is -3.36. The summed E-state index contributed by atoms with van der Waals surface area (Å²) in [6.07, 6.45) is 0.579. The first-order chi connectivity index (χ1) is 9.59. The van der Waals surface area contributed by atoms with Crippen LogP contribution in [0.5, 0.6) is 0 Å². The Labute approximate surface area is 122 Å². The van der Waals surface area contributed by atoms with Crippen LogP contribution < -0.4 is 4.72 Å². The van der Waals surface area contributed by atoms with E-state index in [2.05, 4.69) is 9.71 Å². The number of thiazole rings is 1. The Morgan fingerprint density at radius 3 is 2.65 bits per heavy atom. The molecule has 104 valence electrons. The third kappa shape index (κ3) is 4.42. The van der Waals surface area contributed by atoms with Crippen LogP contribution in [0, 0.1) is 11.3 Å². The van der Waals surface area contributed by atoms with Crippen molar-refractivity contribution in [1.29, 1.82) is 5.26 Å². The Kier molecular flexibility index (Phi) is 4.84. The zero-order valence-corrected chi connectivity index (χ0v) is 12.2. The minimum absolute atomic E-state index is 0.0875. The van der Waals surface area contributed by atoms with E-state index in [1.807, 2.05) is 11.4 Å². The van der Waals surface area contributed by atoms with Crippen molar-refractivity contribution in [2.45, 2.75) is 12.2 Å². The van der Waals surface area contributed by atoms with Crippen molar-refractivity contribution in [1.82, 2.24) is 9.71 Å². The summed E-state index contributed by atoms with van der Waals surface area (Å²) in [6, 6.07) is 8.52. The van der Waals surface area contributed by atoms with Gasteiger partial charge in [-0.15, -0.1) is 11.3 Å². The Morgan fingerprint density at radius 1 is 1.30 bits per heavy atom. The third-order valence-electron chi connectivity index (χ3n) is 2.63. The lowest BCUT2D eigenvalue weighted by atomic mass is 10.2. The molecular formula is C13H13N3O2S2. The minimum atomic E-state index is -3.36. The molecule has 0 spiro atoms. The highest BCUT2D eigenvalue weighted by Crippen LogP contribution is 2.07. The first kappa shape index (κ1) is 14.7. The average Bonchev–Trinajstić information content (AvgIpc) is 2.92. The number of nitrogens with zero attached hydrogens (tertiary/aromatic N) is 2. The van der Waals surface area contributed by atoms with E-state index in [4.69, 9.17) is 5.26 Å². The van der Waals surface area contributed by atoms with E-state index in [0.29, 0.717) is 24.1 Å². The average molecular weight is 307 g/mol. The fourth-order valence-electron chi connectivity index (χ4n) is 1.64. The molecule has 5 nitrogen and oxygen atoms in total. The summed E-state index contributed by atoms with van der Waals surface area (Å²) in [4.78, 5) is 4.09. The molecule has 1 heterocycles. The molecule has 0 atom stereocenters. The molecule has 0 aliphatic heterocycles. The summed E-state index contributed by atoms with van der Waals surface area (Å²) in [5, 5.41) is 10.6. The highest BCUT2D eigenvalue weighted by molar-refractivity contribution is 7.88. The van der Waals surface area contributed by atoms with E-state index in [1.165, 1.54) is 11.3 Å². The zero-order chi connectivity index (χ0) is 14.4. The molecule has 7 heteroatoms. The summed E-state index contributed by atoms with van der Waals surface area (Å²) in [5.74, 6) is -0.0875. The van der Waals surface area contributed by atoms with Crippen molar-refractivity contribution in [2.75, 3.05) is 6.54 Å². The second kappa shape index (κ2) is 6.61. The van der Waals surface area contributed by atoms with E-state index < -0.39 is 10.0 Å². The van der Waals surface area contributed by atoms with Crippen LogP contribution in [-0.2, 0) is 22.2 Å². The summed E-state index contributed by atoms with van der Waals surface area (Å²) in [5.41, 5.74) is 3.78. The fraction of sp³-hybridized carbons (Fsp3) is 0.231. The Hall–Kier alpha value is -1.75. The Morgan fingerprint density at radius 2 is 2.05 bits per heavy atom. The first-order valence-electron chi connectivity index (χ1n) is 5.92. The third-order valence-corrected chi connectivity index (χ3v) is 4.62. The topological polar surface area (TPSA) is 82.8 Å². The molecule has 1 aromatic heterocycles. The maximum Gasteiger partial charge on any atom is 0.215 e. The van der Waals surface area contributed by atoms with Crippen LogP contribution in [0.25, 0.3) is 0 Å². The number of hydrogen-bond acceptors (Lipinski definition) is 5. The number of rotatable bonds is 6. The van der Waals surface area contributed by atoms with Gasteiger partial charge in [-0.25, -0.2) is 18.1 Å². The number of nitrogens with one attached hydrogen (secondary N) is 1. The maximum absolute atomic E-state index is 11.9. The minimum Gasteiger partial charge on any atom is -0.250 e. The van der Waals surface area contributed by atoms with Crippen LogP contribution in [0.2, 0.25) is 0 Å². The molecule has 20 heavy (non-hydrogen) atoms. The predicted octanol–water partition coefficient (Wildman–Crippen LogP) is 1.68. The molecule has 0 amide bonds. The van der Waals surface area contributed by atoms with Crippen molar-refractivity contribution >= 4 is 21.4 Å². The molecule has 0 radical (unpaired) electrons. The molecule has 2 aromatic rings. The van der Waals surface area contributed by atoms with Gasteiger partial charge in [0.15, 0.2) is 0 Å². The van der Waals surface area contributed by atoms with Gasteiger partial charge in [0.05, 0.1) is 28.6 Å². The number of sulfonamides is 1. The molecular weight excluding hydrogens is 294 g/mol. The summed E-state index contributed by atoms with van der Waals surface area (Å²) >= 11 is 1.49. The second-order valence-electron chi connectivity index (χ2n) is 4.19. The van der Waals surface area contributed by atoms with Crippen molar-refractivity contribution < 1.29 is 8.42 Å². The van der Waals surface area contributed by atoms with Gasteiger partial charge in [0.25, 0.3) is 0 Å². The molecule has 0 aliphatic rings. The van der Waals surface area contributed by atoms with E-state index in [-0.39, 0.29) is 5.75 Å². The van der Waals surface area contributed by atoms with Gasteiger partial charge < -0.3 is 0 Å². The Balaban J connectivity index is 1.88. The monoisotopic (exact) mass is 307 g/mol. The van der Waals surface area contributed by atoms with Crippen LogP contribution in [0.4, 0.5) is 0 Å². The van der Waals surface area contributed by atoms with Crippen molar-refractivity contribution in [3.63, 3.8) is 0 Å². The van der Waals surface area contributed by atoms with Gasteiger partial charge in [-0.2, -0.15) is 5.26 Å². The second-order valence-corrected chi connectivity index (χ2v) is 6.72. The molecule has 0 saturated heterocycles. The predicted molar refractivity (Wildman–Crippen MR) is 77.6 cm³/mol. The molecule has 0 aliphatic carbocycles. The van der Waals surface area contributed by atoms with Crippen molar-refractivity contribution in [3.05, 3.63) is 52.0 Å². The van der Waals surface area contributed by atoms with E-state index in [0.717, 1.165) is 5.69 Å². The van der Waals surface area contributed by atoms with Gasteiger partial charge >= 0.3 is 0 Å². The van der Waals surface area contributed by atoms with Crippen LogP contribution in [0.3, 0.4) is 0 Å². The number of benzene rings is 1. The lowest BCUT2D eigenvalue weighted by Gasteiger charge is -2.06. The smallest absolute Gasteiger partial charge is 0.215 e. The van der Waals surface area contributed by atoms with Crippen LogP contribution in [0.1, 0.15) is 16.8 Å². The molecule has 2 rings (SSSR count). The summed E-state index contributed by atoms with van der Waals surface area (Å²) < 4.78 is 26.3. The lowest BCUT2D eigenvalue weighted by Crippen LogP contribution is -2.27. The molecule has 1 aromatic carbocycles. The highest BCUT2D eigenvalue weighted by atomic mass is 32.2. The van der Waals surface area contributed by atoms with Crippen molar-refractivity contribution in [2.24, 2.45) is 0 Å². The SMILES string of the molecule is N#Cc1ccc(CS(=O)(=O)NCCc2cscn2)cc1. The van der Waals surface area contributed by atoms with E-state index in [1.54, 1.807) is 29.8 Å². The number of hydrogen-bond donors (Lipinski definition) is 1. The molecule has 0 bridgehead atoms. The van der Waals surface area contributed by atoms with E-state index >= 15 is 0 Å². The molecule has 0 saturated carbocycles. The van der Waals surface area contributed by atoms with Gasteiger partial charge in [-0.3, -0.25) is 0 Å². The molecule has 1 N–H and O–H groups in total. The van der Waals surface area contributed by atoms with Crippen LogP contribution >= 0.6 is 11.3 Å². The largest absolute Gasteiger partial charge is 0.250 e. The van der Waals surface area contributed by atoms with Gasteiger partial charge in [-0.1, -0.05) is 12.1 Å². The number of nitriles is 1. The highest BCUT2D eigenvalue weighted by Gasteiger charge is 2.11. The quantitative estimate of drug-likeness (QED) is 0.880.